The summed E-state index contributed by atoms with van der Waals surface area (Å²) in [6, 6.07) is 16.5. The second-order valence-electron chi connectivity index (χ2n) is 5.08. The van der Waals surface area contributed by atoms with Crippen LogP contribution in [0.1, 0.15) is 17.3 Å². The minimum Gasteiger partial charge on any atom is -0.454 e. The van der Waals surface area contributed by atoms with Crippen molar-refractivity contribution >= 4 is 23.5 Å². The highest BCUT2D eigenvalue weighted by atomic mass is 16.5. The molecule has 0 heterocycles. The summed E-state index contributed by atoms with van der Waals surface area (Å²) in [5, 5.41) is 5.12. The quantitative estimate of drug-likeness (QED) is 0.795. The Bertz CT molecular complexity index is 701. The van der Waals surface area contributed by atoms with E-state index in [1.54, 1.807) is 54.6 Å². The molecule has 0 saturated carbocycles. The highest BCUT2D eigenvalue weighted by molar-refractivity contribution is 5.97. The van der Waals surface area contributed by atoms with Gasteiger partial charge in [-0.25, -0.2) is 4.79 Å². The first-order chi connectivity index (χ1) is 11.6. The van der Waals surface area contributed by atoms with Gasteiger partial charge < -0.3 is 15.4 Å². The van der Waals surface area contributed by atoms with Crippen LogP contribution in [0.15, 0.2) is 60.7 Å². The molecule has 2 aromatic rings. The van der Waals surface area contributed by atoms with Crippen LogP contribution in [0.3, 0.4) is 0 Å². The molecular weight excluding hydrogens is 308 g/mol. The molecule has 0 spiro atoms. The summed E-state index contributed by atoms with van der Waals surface area (Å²) >= 11 is 0. The zero-order chi connectivity index (χ0) is 17.4. The summed E-state index contributed by atoms with van der Waals surface area (Å²) in [7, 11) is 0. The Kier molecular flexibility index (Phi) is 6.08. The van der Waals surface area contributed by atoms with Crippen LogP contribution in [0.2, 0.25) is 0 Å². The van der Waals surface area contributed by atoms with Gasteiger partial charge in [-0.2, -0.15) is 0 Å². The molecule has 0 radical (unpaired) electrons. The molecular formula is C18H18N2O4. The van der Waals surface area contributed by atoms with Crippen LogP contribution in [-0.2, 0) is 14.3 Å². The Labute approximate surface area is 139 Å². The van der Waals surface area contributed by atoms with Gasteiger partial charge in [-0.1, -0.05) is 36.4 Å². The molecule has 0 aliphatic rings. The predicted molar refractivity (Wildman–Crippen MR) is 89.4 cm³/mol. The number of carbonyl (C=O) groups excluding carboxylic acids is 3. The Morgan fingerprint density at radius 2 is 1.54 bits per heavy atom. The van der Waals surface area contributed by atoms with Crippen molar-refractivity contribution in [2.45, 2.75) is 13.0 Å². The first kappa shape index (κ1) is 17.2. The molecule has 0 aliphatic carbocycles. The summed E-state index contributed by atoms with van der Waals surface area (Å²) in [6.07, 6.45) is 0. The van der Waals surface area contributed by atoms with Gasteiger partial charge in [0.1, 0.15) is 6.04 Å². The van der Waals surface area contributed by atoms with E-state index < -0.39 is 24.5 Å². The highest BCUT2D eigenvalue weighted by Crippen LogP contribution is 2.04. The fourth-order valence-electron chi connectivity index (χ4n) is 1.91. The summed E-state index contributed by atoms with van der Waals surface area (Å²) in [5.41, 5.74) is 1.06. The lowest BCUT2D eigenvalue weighted by atomic mass is 10.2. The monoisotopic (exact) mass is 326 g/mol. The van der Waals surface area contributed by atoms with E-state index in [0.717, 1.165) is 0 Å². The molecule has 2 aromatic carbocycles. The van der Waals surface area contributed by atoms with Crippen molar-refractivity contribution in [3.8, 4) is 0 Å². The van der Waals surface area contributed by atoms with E-state index in [1.807, 2.05) is 6.07 Å². The highest BCUT2D eigenvalue weighted by Gasteiger charge is 2.18. The normalized spacial score (nSPS) is 11.2. The van der Waals surface area contributed by atoms with Gasteiger partial charge >= 0.3 is 5.97 Å². The minimum absolute atomic E-state index is 0.381. The molecule has 0 aromatic heterocycles. The van der Waals surface area contributed by atoms with E-state index in [4.69, 9.17) is 4.74 Å². The molecule has 1 atom stereocenters. The largest absolute Gasteiger partial charge is 0.454 e. The second-order valence-corrected chi connectivity index (χ2v) is 5.08. The standard InChI is InChI=1S/C18H18N2O4/c1-13(19-17(22)14-8-4-2-5-9-14)18(23)24-12-16(21)20-15-10-6-3-7-11-15/h2-11,13H,12H2,1H3,(H,19,22)(H,20,21)/t13-/m0/s1. The number of ether oxygens (including phenoxy) is 1. The molecule has 0 aliphatic heterocycles. The van der Waals surface area contributed by atoms with E-state index in [1.165, 1.54) is 6.92 Å². The number of hydrogen-bond acceptors (Lipinski definition) is 4. The Balaban J connectivity index is 1.77. The molecule has 24 heavy (non-hydrogen) atoms. The third-order valence-electron chi connectivity index (χ3n) is 3.14. The molecule has 2 rings (SSSR count). The number of esters is 1. The topological polar surface area (TPSA) is 84.5 Å². The first-order valence-corrected chi connectivity index (χ1v) is 7.43. The zero-order valence-corrected chi connectivity index (χ0v) is 13.2. The number of anilines is 1. The zero-order valence-electron chi connectivity index (χ0n) is 13.2. The lowest BCUT2D eigenvalue weighted by Crippen LogP contribution is -2.40. The molecule has 6 nitrogen and oxygen atoms in total. The summed E-state index contributed by atoms with van der Waals surface area (Å²) < 4.78 is 4.91. The van der Waals surface area contributed by atoms with Crippen LogP contribution >= 0.6 is 0 Å². The van der Waals surface area contributed by atoms with Crippen LogP contribution in [0.5, 0.6) is 0 Å². The van der Waals surface area contributed by atoms with Gasteiger partial charge in [0, 0.05) is 11.3 Å². The van der Waals surface area contributed by atoms with Crippen molar-refractivity contribution in [3.05, 3.63) is 66.2 Å². The molecule has 2 N–H and O–H groups in total. The molecule has 124 valence electrons. The Morgan fingerprint density at radius 3 is 2.17 bits per heavy atom. The molecule has 2 amide bonds. The van der Waals surface area contributed by atoms with Gasteiger partial charge in [-0.3, -0.25) is 9.59 Å². The summed E-state index contributed by atoms with van der Waals surface area (Å²) in [6.45, 7) is 1.08. The minimum atomic E-state index is -0.859. The smallest absolute Gasteiger partial charge is 0.328 e. The van der Waals surface area contributed by atoms with Crippen molar-refractivity contribution in [1.29, 1.82) is 0 Å². The maximum Gasteiger partial charge on any atom is 0.328 e. The molecule has 0 bridgehead atoms. The fourth-order valence-corrected chi connectivity index (χ4v) is 1.91. The lowest BCUT2D eigenvalue weighted by molar-refractivity contribution is -0.148. The molecule has 0 saturated heterocycles. The van der Waals surface area contributed by atoms with Crippen LogP contribution < -0.4 is 10.6 Å². The number of hydrogen-bond donors (Lipinski definition) is 2. The summed E-state index contributed by atoms with van der Waals surface area (Å²) in [5.74, 6) is -1.51. The SMILES string of the molecule is C[C@H](NC(=O)c1ccccc1)C(=O)OCC(=O)Nc1ccccc1. The predicted octanol–water partition coefficient (Wildman–Crippen LogP) is 1.99. The van der Waals surface area contributed by atoms with Gasteiger partial charge in [-0.15, -0.1) is 0 Å². The van der Waals surface area contributed by atoms with E-state index in [2.05, 4.69) is 10.6 Å². The van der Waals surface area contributed by atoms with Crippen LogP contribution in [0.25, 0.3) is 0 Å². The number of carbonyl (C=O) groups is 3. The van der Waals surface area contributed by atoms with E-state index >= 15 is 0 Å². The number of nitrogens with one attached hydrogen (secondary N) is 2. The Hall–Kier alpha value is -3.15. The number of para-hydroxylation sites is 1. The molecule has 6 heteroatoms. The van der Waals surface area contributed by atoms with Crippen molar-refractivity contribution in [2.75, 3.05) is 11.9 Å². The third-order valence-corrected chi connectivity index (χ3v) is 3.14. The maximum absolute atomic E-state index is 11.9. The third kappa shape index (κ3) is 5.24. The molecule has 0 fully saturated rings. The van der Waals surface area contributed by atoms with Gasteiger partial charge in [0.05, 0.1) is 0 Å². The van der Waals surface area contributed by atoms with Crippen LogP contribution in [0, 0.1) is 0 Å². The van der Waals surface area contributed by atoms with Crippen LogP contribution in [-0.4, -0.2) is 30.4 Å². The van der Waals surface area contributed by atoms with Crippen molar-refractivity contribution in [3.63, 3.8) is 0 Å². The number of rotatable bonds is 6. The van der Waals surface area contributed by atoms with Crippen molar-refractivity contribution in [2.24, 2.45) is 0 Å². The van der Waals surface area contributed by atoms with Gasteiger partial charge in [0.25, 0.3) is 11.8 Å². The summed E-state index contributed by atoms with van der Waals surface area (Å²) in [4.78, 5) is 35.5. The van der Waals surface area contributed by atoms with Crippen LogP contribution in [0.4, 0.5) is 5.69 Å². The van der Waals surface area contributed by atoms with Crippen molar-refractivity contribution < 1.29 is 19.1 Å². The van der Waals surface area contributed by atoms with Gasteiger partial charge in [0.2, 0.25) is 0 Å². The van der Waals surface area contributed by atoms with Crippen molar-refractivity contribution in [1.82, 2.24) is 5.32 Å². The fraction of sp³-hybridized carbons (Fsp3) is 0.167. The Morgan fingerprint density at radius 1 is 0.958 bits per heavy atom. The second kappa shape index (κ2) is 8.47. The van der Waals surface area contributed by atoms with E-state index in [-0.39, 0.29) is 5.91 Å². The number of amides is 2. The lowest BCUT2D eigenvalue weighted by Gasteiger charge is -2.13. The number of benzene rings is 2. The molecule has 0 unspecified atom stereocenters. The van der Waals surface area contributed by atoms with E-state index in [9.17, 15) is 14.4 Å². The average Bonchev–Trinajstić information content (AvgIpc) is 2.61. The average molecular weight is 326 g/mol. The van der Waals surface area contributed by atoms with Gasteiger partial charge in [0.15, 0.2) is 6.61 Å². The van der Waals surface area contributed by atoms with Gasteiger partial charge in [-0.05, 0) is 31.2 Å². The van der Waals surface area contributed by atoms with E-state index in [0.29, 0.717) is 11.3 Å². The first-order valence-electron chi connectivity index (χ1n) is 7.43. The maximum atomic E-state index is 11.9.